The van der Waals surface area contributed by atoms with Crippen molar-refractivity contribution >= 4 is 5.82 Å². The monoisotopic (exact) mass is 247 g/mol. The molecular weight excluding hydrogens is 222 g/mol. The van der Waals surface area contributed by atoms with Crippen LogP contribution in [0.3, 0.4) is 0 Å². The van der Waals surface area contributed by atoms with Crippen LogP contribution in [0.2, 0.25) is 0 Å². The molecule has 18 heavy (non-hydrogen) atoms. The summed E-state index contributed by atoms with van der Waals surface area (Å²) in [5.41, 5.74) is 2.61. The number of anilines is 1. The third-order valence-corrected chi connectivity index (χ3v) is 3.52. The van der Waals surface area contributed by atoms with Crippen molar-refractivity contribution in [1.82, 2.24) is 10.3 Å². The van der Waals surface area contributed by atoms with E-state index in [1.165, 1.54) is 55.7 Å². The molecule has 0 bridgehead atoms. The molecule has 1 aromatic rings. The molecule has 2 heterocycles. The van der Waals surface area contributed by atoms with Crippen LogP contribution in [0.4, 0.5) is 5.82 Å². The normalized spacial score (nSPS) is 16.0. The van der Waals surface area contributed by atoms with Gasteiger partial charge in [-0.1, -0.05) is 6.92 Å². The second-order valence-corrected chi connectivity index (χ2v) is 5.21. The minimum Gasteiger partial charge on any atom is -0.356 e. The van der Waals surface area contributed by atoms with Gasteiger partial charge in [-0.15, -0.1) is 0 Å². The number of piperidine rings is 1. The summed E-state index contributed by atoms with van der Waals surface area (Å²) in [5.74, 6) is 1.19. The number of aromatic nitrogens is 1. The van der Waals surface area contributed by atoms with Crippen LogP contribution < -0.4 is 10.2 Å². The van der Waals surface area contributed by atoms with Crippen LogP contribution in [0.1, 0.15) is 43.7 Å². The van der Waals surface area contributed by atoms with Gasteiger partial charge in [0.25, 0.3) is 0 Å². The molecule has 1 fully saturated rings. The molecule has 0 spiro atoms. The van der Waals surface area contributed by atoms with Gasteiger partial charge < -0.3 is 10.2 Å². The van der Waals surface area contributed by atoms with E-state index >= 15 is 0 Å². The van der Waals surface area contributed by atoms with Gasteiger partial charge in [-0.2, -0.15) is 0 Å². The lowest BCUT2D eigenvalue weighted by Crippen LogP contribution is -2.30. The van der Waals surface area contributed by atoms with Gasteiger partial charge in [-0.3, -0.25) is 0 Å². The minimum atomic E-state index is 0.932. The molecule has 0 aliphatic carbocycles. The number of pyridine rings is 1. The number of rotatable bonds is 5. The van der Waals surface area contributed by atoms with Gasteiger partial charge in [0.05, 0.1) is 0 Å². The average Bonchev–Trinajstić information content (AvgIpc) is 2.40. The molecule has 0 amide bonds. The summed E-state index contributed by atoms with van der Waals surface area (Å²) in [7, 11) is 0. The van der Waals surface area contributed by atoms with Gasteiger partial charge in [0.1, 0.15) is 5.82 Å². The molecule has 0 atom stereocenters. The van der Waals surface area contributed by atoms with Crippen LogP contribution in [0.15, 0.2) is 12.3 Å². The Hall–Kier alpha value is -1.09. The maximum Gasteiger partial charge on any atom is 0.131 e. The Morgan fingerprint density at radius 2 is 2.06 bits per heavy atom. The third kappa shape index (κ3) is 3.45. The highest BCUT2D eigenvalue weighted by Gasteiger charge is 2.14. The molecule has 1 N–H and O–H groups in total. The van der Waals surface area contributed by atoms with E-state index in [9.17, 15) is 0 Å². The van der Waals surface area contributed by atoms with E-state index in [1.54, 1.807) is 0 Å². The molecule has 0 radical (unpaired) electrons. The second-order valence-electron chi connectivity index (χ2n) is 5.21. The van der Waals surface area contributed by atoms with Crippen molar-refractivity contribution in [1.29, 1.82) is 0 Å². The summed E-state index contributed by atoms with van der Waals surface area (Å²) in [4.78, 5) is 7.10. The average molecular weight is 247 g/mol. The van der Waals surface area contributed by atoms with Crippen LogP contribution >= 0.6 is 0 Å². The summed E-state index contributed by atoms with van der Waals surface area (Å²) in [5, 5.41) is 3.42. The van der Waals surface area contributed by atoms with Gasteiger partial charge in [0.2, 0.25) is 0 Å². The molecule has 1 aliphatic heterocycles. The highest BCUT2D eigenvalue weighted by molar-refractivity contribution is 5.47. The quantitative estimate of drug-likeness (QED) is 0.811. The molecule has 100 valence electrons. The van der Waals surface area contributed by atoms with Gasteiger partial charge in [-0.05, 0) is 56.3 Å². The zero-order valence-electron chi connectivity index (χ0n) is 11.7. The summed E-state index contributed by atoms with van der Waals surface area (Å²) in [6, 6.07) is 2.28. The van der Waals surface area contributed by atoms with Crippen molar-refractivity contribution in [2.45, 2.75) is 46.1 Å². The molecule has 1 aliphatic rings. The van der Waals surface area contributed by atoms with Crippen molar-refractivity contribution in [3.8, 4) is 0 Å². The van der Waals surface area contributed by atoms with Crippen molar-refractivity contribution < 1.29 is 0 Å². The van der Waals surface area contributed by atoms with Crippen LogP contribution in [-0.2, 0) is 6.54 Å². The molecule has 3 heteroatoms. The predicted molar refractivity (Wildman–Crippen MR) is 77.0 cm³/mol. The zero-order chi connectivity index (χ0) is 12.8. The number of hydrogen-bond donors (Lipinski definition) is 1. The maximum atomic E-state index is 4.67. The van der Waals surface area contributed by atoms with Gasteiger partial charge in [0.15, 0.2) is 0 Å². The number of hydrogen-bond acceptors (Lipinski definition) is 3. The lowest BCUT2D eigenvalue weighted by atomic mass is 10.1. The van der Waals surface area contributed by atoms with E-state index in [2.05, 4.69) is 35.1 Å². The molecule has 1 aromatic heterocycles. The fourth-order valence-electron chi connectivity index (χ4n) is 2.57. The van der Waals surface area contributed by atoms with Crippen molar-refractivity contribution in [3.05, 3.63) is 23.4 Å². The lowest BCUT2D eigenvalue weighted by Gasteiger charge is -2.29. The van der Waals surface area contributed by atoms with E-state index < -0.39 is 0 Å². The first-order valence-electron chi connectivity index (χ1n) is 7.22. The molecular formula is C15H25N3. The molecule has 2 rings (SSSR count). The van der Waals surface area contributed by atoms with Crippen LogP contribution in [-0.4, -0.2) is 24.6 Å². The standard InChI is InChI=1S/C15H25N3/c1-3-7-16-11-14-10-13(2)15(17-12-14)18-8-5-4-6-9-18/h10,12,16H,3-9,11H2,1-2H3. The summed E-state index contributed by atoms with van der Waals surface area (Å²) < 4.78 is 0. The Balaban J connectivity index is 2.00. The molecule has 0 saturated carbocycles. The fraction of sp³-hybridized carbons (Fsp3) is 0.667. The Bertz CT molecular complexity index is 370. The van der Waals surface area contributed by atoms with E-state index in [0.29, 0.717) is 0 Å². The van der Waals surface area contributed by atoms with Gasteiger partial charge in [0, 0.05) is 25.8 Å². The van der Waals surface area contributed by atoms with Gasteiger partial charge >= 0.3 is 0 Å². The summed E-state index contributed by atoms with van der Waals surface area (Å²) in [6.45, 7) is 8.72. The molecule has 1 saturated heterocycles. The Labute approximate surface area is 111 Å². The SMILES string of the molecule is CCCNCc1cnc(N2CCCCC2)c(C)c1. The number of nitrogens with one attached hydrogen (secondary N) is 1. The van der Waals surface area contributed by atoms with E-state index in [0.717, 1.165) is 13.1 Å². The van der Waals surface area contributed by atoms with Crippen LogP contribution in [0, 0.1) is 6.92 Å². The first kappa shape index (κ1) is 13.3. The Morgan fingerprint density at radius 1 is 1.28 bits per heavy atom. The first-order valence-corrected chi connectivity index (χ1v) is 7.22. The molecule has 3 nitrogen and oxygen atoms in total. The third-order valence-electron chi connectivity index (χ3n) is 3.52. The Morgan fingerprint density at radius 3 is 2.72 bits per heavy atom. The smallest absolute Gasteiger partial charge is 0.131 e. The fourth-order valence-corrected chi connectivity index (χ4v) is 2.57. The number of aryl methyl sites for hydroxylation is 1. The highest BCUT2D eigenvalue weighted by atomic mass is 15.2. The van der Waals surface area contributed by atoms with Crippen molar-refractivity contribution in [3.63, 3.8) is 0 Å². The van der Waals surface area contributed by atoms with E-state index in [-0.39, 0.29) is 0 Å². The molecule has 0 aromatic carbocycles. The minimum absolute atomic E-state index is 0.932. The largest absolute Gasteiger partial charge is 0.356 e. The lowest BCUT2D eigenvalue weighted by molar-refractivity contribution is 0.572. The topological polar surface area (TPSA) is 28.2 Å². The maximum absolute atomic E-state index is 4.67. The van der Waals surface area contributed by atoms with Crippen molar-refractivity contribution in [2.24, 2.45) is 0 Å². The van der Waals surface area contributed by atoms with Crippen LogP contribution in [0.5, 0.6) is 0 Å². The summed E-state index contributed by atoms with van der Waals surface area (Å²) in [6.07, 6.45) is 7.19. The van der Waals surface area contributed by atoms with E-state index in [4.69, 9.17) is 0 Å². The molecule has 0 unspecified atom stereocenters. The van der Waals surface area contributed by atoms with Crippen LogP contribution in [0.25, 0.3) is 0 Å². The van der Waals surface area contributed by atoms with Crippen molar-refractivity contribution in [2.75, 3.05) is 24.5 Å². The van der Waals surface area contributed by atoms with E-state index in [1.807, 2.05) is 6.20 Å². The Kier molecular flexibility index (Phi) is 5.00. The predicted octanol–water partition coefficient (Wildman–Crippen LogP) is 2.88. The van der Waals surface area contributed by atoms with Gasteiger partial charge in [-0.25, -0.2) is 4.98 Å². The summed E-state index contributed by atoms with van der Waals surface area (Å²) >= 11 is 0. The zero-order valence-corrected chi connectivity index (χ0v) is 11.7. The first-order chi connectivity index (χ1) is 8.81. The number of nitrogens with zero attached hydrogens (tertiary/aromatic N) is 2. The second kappa shape index (κ2) is 6.74. The highest BCUT2D eigenvalue weighted by Crippen LogP contribution is 2.21.